The van der Waals surface area contributed by atoms with Gasteiger partial charge in [0.2, 0.25) is 0 Å². The number of hydrogen-bond acceptors (Lipinski definition) is 4. The third-order valence-electron chi connectivity index (χ3n) is 4.95. The van der Waals surface area contributed by atoms with Crippen molar-refractivity contribution in [3.8, 4) is 0 Å². The van der Waals surface area contributed by atoms with Crippen LogP contribution in [0, 0.1) is 5.92 Å². The quantitative estimate of drug-likeness (QED) is 0.820. The van der Waals surface area contributed by atoms with Gasteiger partial charge in [-0.1, -0.05) is 23.2 Å². The SMILES string of the molecule is Clc1cc(Cl)nc(NC2=CC[C@@]3(CN4CCC3CC4)N2)c1. The molecule has 0 saturated carbocycles. The van der Waals surface area contributed by atoms with Crippen molar-refractivity contribution in [1.29, 1.82) is 0 Å². The van der Waals surface area contributed by atoms with Crippen molar-refractivity contribution < 1.29 is 0 Å². The molecule has 0 aromatic carbocycles. The standard InChI is InChI=1S/C15H18Cl2N4/c16-11-7-12(17)18-14(8-11)19-13-1-4-15(20-13)9-21-5-2-10(15)3-6-21/h1,7-8,10,20H,2-6,9H2,(H,18,19)/t15-/m0/s1. The van der Waals surface area contributed by atoms with Gasteiger partial charge >= 0.3 is 0 Å². The van der Waals surface area contributed by atoms with Gasteiger partial charge in [-0.2, -0.15) is 0 Å². The minimum Gasteiger partial charge on any atom is -0.365 e. The number of pyridine rings is 1. The second-order valence-electron chi connectivity index (χ2n) is 6.27. The van der Waals surface area contributed by atoms with Gasteiger partial charge in [-0.25, -0.2) is 4.98 Å². The largest absolute Gasteiger partial charge is 0.365 e. The van der Waals surface area contributed by atoms with E-state index >= 15 is 0 Å². The van der Waals surface area contributed by atoms with E-state index in [1.165, 1.54) is 25.9 Å². The summed E-state index contributed by atoms with van der Waals surface area (Å²) in [6, 6.07) is 3.43. The van der Waals surface area contributed by atoms with Crippen molar-refractivity contribution in [2.75, 3.05) is 25.0 Å². The Balaban J connectivity index is 1.49. The first kappa shape index (κ1) is 13.7. The van der Waals surface area contributed by atoms with Crippen molar-refractivity contribution in [3.05, 3.63) is 34.2 Å². The zero-order valence-corrected chi connectivity index (χ0v) is 13.2. The number of halogens is 2. The van der Waals surface area contributed by atoms with Gasteiger partial charge in [-0.15, -0.1) is 0 Å². The maximum absolute atomic E-state index is 6.02. The van der Waals surface area contributed by atoms with E-state index in [-0.39, 0.29) is 5.54 Å². The zero-order valence-electron chi connectivity index (χ0n) is 11.7. The number of fused-ring (bicyclic) bond motifs is 2. The number of piperidine rings is 3. The summed E-state index contributed by atoms with van der Waals surface area (Å²) in [5, 5.41) is 8.01. The van der Waals surface area contributed by atoms with E-state index in [1.807, 2.05) is 0 Å². The molecule has 2 bridgehead atoms. The van der Waals surface area contributed by atoms with Crippen LogP contribution in [0.15, 0.2) is 24.0 Å². The second-order valence-corrected chi connectivity index (χ2v) is 7.10. The van der Waals surface area contributed by atoms with Crippen LogP contribution in [-0.4, -0.2) is 35.1 Å². The van der Waals surface area contributed by atoms with E-state index in [9.17, 15) is 0 Å². The summed E-state index contributed by atoms with van der Waals surface area (Å²) in [7, 11) is 0. The summed E-state index contributed by atoms with van der Waals surface area (Å²) in [6.07, 6.45) is 5.91. The van der Waals surface area contributed by atoms with Gasteiger partial charge in [0.15, 0.2) is 0 Å². The Kier molecular flexibility index (Phi) is 3.28. The lowest BCUT2D eigenvalue weighted by Gasteiger charge is -2.52. The molecule has 2 N–H and O–H groups in total. The monoisotopic (exact) mass is 324 g/mol. The van der Waals surface area contributed by atoms with Crippen LogP contribution in [0.25, 0.3) is 0 Å². The lowest BCUT2D eigenvalue weighted by molar-refractivity contribution is 0.0189. The molecule has 0 radical (unpaired) electrons. The van der Waals surface area contributed by atoms with Crippen molar-refractivity contribution in [2.45, 2.75) is 24.8 Å². The Bertz CT molecular complexity index is 575. The summed E-state index contributed by atoms with van der Waals surface area (Å²) in [6.45, 7) is 3.65. The number of aromatic nitrogens is 1. The minimum absolute atomic E-state index is 0.210. The molecule has 1 atom stereocenters. The summed E-state index contributed by atoms with van der Waals surface area (Å²) in [4.78, 5) is 6.83. The fraction of sp³-hybridized carbons (Fsp3) is 0.533. The van der Waals surface area contributed by atoms with Crippen LogP contribution in [0.4, 0.5) is 5.82 Å². The molecular weight excluding hydrogens is 307 g/mol. The number of nitrogens with one attached hydrogen (secondary N) is 2. The average molecular weight is 325 g/mol. The van der Waals surface area contributed by atoms with Crippen LogP contribution in [0.2, 0.25) is 10.2 Å². The summed E-state index contributed by atoms with van der Waals surface area (Å²) >= 11 is 12.0. The Labute approximate surface area is 134 Å². The van der Waals surface area contributed by atoms with E-state index in [2.05, 4.69) is 26.6 Å². The summed E-state index contributed by atoms with van der Waals surface area (Å²) in [5.41, 5.74) is 0.210. The molecule has 4 nitrogen and oxygen atoms in total. The third kappa shape index (κ3) is 2.50. The number of nitrogens with zero attached hydrogens (tertiary/aromatic N) is 2. The number of anilines is 1. The molecule has 21 heavy (non-hydrogen) atoms. The third-order valence-corrected chi connectivity index (χ3v) is 5.36. The fourth-order valence-corrected chi connectivity index (χ4v) is 4.42. The lowest BCUT2D eigenvalue weighted by Crippen LogP contribution is -2.64. The molecular formula is C15H18Cl2N4. The smallest absolute Gasteiger partial charge is 0.134 e. The molecule has 6 heteroatoms. The van der Waals surface area contributed by atoms with Gasteiger partial charge in [-0.05, 0) is 56.5 Å². The molecule has 0 aliphatic carbocycles. The summed E-state index contributed by atoms with van der Waals surface area (Å²) in [5.74, 6) is 2.48. The highest BCUT2D eigenvalue weighted by molar-refractivity contribution is 6.34. The van der Waals surface area contributed by atoms with Gasteiger partial charge < -0.3 is 15.5 Å². The first-order valence-electron chi connectivity index (χ1n) is 7.44. The molecule has 1 spiro atoms. The van der Waals surface area contributed by atoms with Crippen LogP contribution < -0.4 is 10.6 Å². The van der Waals surface area contributed by atoms with Crippen LogP contribution in [0.3, 0.4) is 0 Å². The maximum Gasteiger partial charge on any atom is 0.134 e. The minimum atomic E-state index is 0.210. The van der Waals surface area contributed by atoms with E-state index in [4.69, 9.17) is 23.2 Å². The zero-order chi connectivity index (χ0) is 14.4. The van der Waals surface area contributed by atoms with Gasteiger partial charge in [-0.3, -0.25) is 0 Å². The van der Waals surface area contributed by atoms with Gasteiger partial charge in [0.25, 0.3) is 0 Å². The van der Waals surface area contributed by atoms with E-state index in [0.717, 1.165) is 24.7 Å². The lowest BCUT2D eigenvalue weighted by atomic mass is 9.72. The van der Waals surface area contributed by atoms with Gasteiger partial charge in [0, 0.05) is 11.6 Å². The molecule has 4 aliphatic rings. The Morgan fingerprint density at radius 1 is 1.29 bits per heavy atom. The van der Waals surface area contributed by atoms with Crippen molar-refractivity contribution in [3.63, 3.8) is 0 Å². The Morgan fingerprint density at radius 3 is 2.76 bits per heavy atom. The molecule has 3 fully saturated rings. The predicted octanol–water partition coefficient (Wildman–Crippen LogP) is 3.10. The first-order chi connectivity index (χ1) is 10.1. The number of rotatable bonds is 2. The molecule has 0 amide bonds. The summed E-state index contributed by atoms with van der Waals surface area (Å²) < 4.78 is 0. The predicted molar refractivity (Wildman–Crippen MR) is 85.6 cm³/mol. The molecule has 0 unspecified atom stereocenters. The molecule has 1 aromatic rings. The highest BCUT2D eigenvalue weighted by Crippen LogP contribution is 2.41. The maximum atomic E-state index is 6.02. The van der Waals surface area contributed by atoms with Crippen LogP contribution >= 0.6 is 23.2 Å². The molecule has 1 aromatic heterocycles. The highest BCUT2D eigenvalue weighted by atomic mass is 35.5. The van der Waals surface area contributed by atoms with Crippen LogP contribution in [0.5, 0.6) is 0 Å². The van der Waals surface area contributed by atoms with Crippen LogP contribution in [-0.2, 0) is 0 Å². The second kappa shape index (κ2) is 5.04. The van der Waals surface area contributed by atoms with E-state index in [1.54, 1.807) is 12.1 Å². The van der Waals surface area contributed by atoms with E-state index in [0.29, 0.717) is 16.0 Å². The topological polar surface area (TPSA) is 40.2 Å². The van der Waals surface area contributed by atoms with Crippen molar-refractivity contribution in [1.82, 2.24) is 15.2 Å². The molecule has 4 aliphatic heterocycles. The van der Waals surface area contributed by atoms with Crippen molar-refractivity contribution in [2.24, 2.45) is 5.92 Å². The molecule has 5 heterocycles. The molecule has 3 saturated heterocycles. The molecule has 5 rings (SSSR count). The highest BCUT2D eigenvalue weighted by Gasteiger charge is 2.48. The van der Waals surface area contributed by atoms with Gasteiger partial charge in [0.05, 0.1) is 5.54 Å². The molecule has 112 valence electrons. The van der Waals surface area contributed by atoms with Crippen LogP contribution in [0.1, 0.15) is 19.3 Å². The first-order valence-corrected chi connectivity index (χ1v) is 8.19. The Hall–Kier alpha value is -0.970. The Morgan fingerprint density at radius 2 is 2.10 bits per heavy atom. The number of hydrogen-bond donors (Lipinski definition) is 2. The average Bonchev–Trinajstić information content (AvgIpc) is 2.81. The van der Waals surface area contributed by atoms with E-state index < -0.39 is 0 Å². The fourth-order valence-electron chi connectivity index (χ4n) is 3.95. The van der Waals surface area contributed by atoms with Crippen molar-refractivity contribution >= 4 is 29.0 Å². The normalized spacial score (nSPS) is 33.9. The van der Waals surface area contributed by atoms with Gasteiger partial charge in [0.1, 0.15) is 16.8 Å².